The molecule has 4 aliphatic heterocycles. The average molecular weight is 449 g/mol. The summed E-state index contributed by atoms with van der Waals surface area (Å²) in [6.45, 7) is 8.49. The van der Waals surface area contributed by atoms with Gasteiger partial charge in [0.25, 0.3) is 5.91 Å². The first-order valence-corrected chi connectivity index (χ1v) is 11.8. The molecule has 1 atom stereocenters. The van der Waals surface area contributed by atoms with Gasteiger partial charge in [0.2, 0.25) is 17.6 Å². The number of amides is 2. The molecule has 0 radical (unpaired) electrons. The van der Waals surface area contributed by atoms with E-state index in [1.807, 2.05) is 17.0 Å². The summed E-state index contributed by atoms with van der Waals surface area (Å²) < 4.78 is 11.0. The molecule has 0 saturated carbocycles. The molecule has 0 N–H and O–H groups in total. The van der Waals surface area contributed by atoms with Crippen molar-refractivity contribution in [1.29, 1.82) is 0 Å². The molecule has 164 valence electrons. The molecule has 0 bridgehead atoms. The second-order valence-electron chi connectivity index (χ2n) is 9.21. The Labute approximate surface area is 191 Å². The zero-order valence-electron chi connectivity index (χ0n) is 18.5. The van der Waals surface area contributed by atoms with Crippen LogP contribution in [0.15, 0.2) is 36.4 Å². The van der Waals surface area contributed by atoms with Crippen LogP contribution >= 0.6 is 11.8 Å². The van der Waals surface area contributed by atoms with E-state index in [4.69, 9.17) is 9.47 Å². The van der Waals surface area contributed by atoms with E-state index < -0.39 is 10.4 Å². The minimum absolute atomic E-state index is 0.0655. The van der Waals surface area contributed by atoms with Crippen LogP contribution in [0.1, 0.15) is 44.4 Å². The summed E-state index contributed by atoms with van der Waals surface area (Å²) in [5.74, 6) is 1.34. The van der Waals surface area contributed by atoms with Crippen LogP contribution in [-0.4, -0.2) is 29.9 Å². The van der Waals surface area contributed by atoms with Crippen molar-refractivity contribution in [2.75, 3.05) is 22.3 Å². The highest BCUT2D eigenvalue weighted by molar-refractivity contribution is 8.02. The predicted octanol–water partition coefficient (Wildman–Crippen LogP) is 4.45. The number of anilines is 2. The lowest BCUT2D eigenvalue weighted by atomic mass is 9.87. The summed E-state index contributed by atoms with van der Waals surface area (Å²) in [7, 11) is 0. The van der Waals surface area contributed by atoms with Crippen LogP contribution in [0.3, 0.4) is 0 Å². The van der Waals surface area contributed by atoms with Crippen LogP contribution in [0.25, 0.3) is 5.57 Å². The van der Waals surface area contributed by atoms with Gasteiger partial charge in [0, 0.05) is 22.9 Å². The molecule has 1 unspecified atom stereocenters. The minimum atomic E-state index is -1.13. The second kappa shape index (κ2) is 6.32. The van der Waals surface area contributed by atoms with E-state index in [-0.39, 0.29) is 24.4 Å². The molecule has 4 aliphatic rings. The van der Waals surface area contributed by atoms with Crippen LogP contribution in [0.5, 0.6) is 11.5 Å². The number of ether oxygens (including phenoxy) is 2. The number of carbonyl (C=O) groups is 2. The number of rotatable bonds is 2. The first-order chi connectivity index (χ1) is 15.3. The summed E-state index contributed by atoms with van der Waals surface area (Å²) in [5.41, 5.74) is 5.39. The van der Waals surface area contributed by atoms with E-state index in [1.54, 1.807) is 11.0 Å². The SMILES string of the molecule is CCc1cc2c3c(c1)C1(SCC(=O)N1c1ccc4c(c1)OCO4)C(=O)N3C(C)(C)C=C2C. The molecule has 2 aromatic carbocycles. The number of fused-ring (bicyclic) bond motifs is 2. The Morgan fingerprint density at radius 2 is 1.84 bits per heavy atom. The highest BCUT2D eigenvalue weighted by Crippen LogP contribution is 2.60. The van der Waals surface area contributed by atoms with Crippen LogP contribution in [0.2, 0.25) is 0 Å². The van der Waals surface area contributed by atoms with Gasteiger partial charge in [-0.25, -0.2) is 0 Å². The third-order valence-electron chi connectivity index (χ3n) is 6.81. The number of nitrogens with zero attached hydrogens (tertiary/aromatic N) is 2. The molecular weight excluding hydrogens is 424 g/mol. The zero-order valence-corrected chi connectivity index (χ0v) is 19.3. The summed E-state index contributed by atoms with van der Waals surface area (Å²) in [4.78, 5) is 30.1. The topological polar surface area (TPSA) is 59.1 Å². The lowest BCUT2D eigenvalue weighted by molar-refractivity contribution is -0.124. The predicted molar refractivity (Wildman–Crippen MR) is 125 cm³/mol. The molecule has 2 aromatic rings. The number of hydrogen-bond donors (Lipinski definition) is 0. The van der Waals surface area contributed by atoms with Gasteiger partial charge in [0.1, 0.15) is 0 Å². The molecule has 0 aliphatic carbocycles. The minimum Gasteiger partial charge on any atom is -0.454 e. The highest BCUT2D eigenvalue weighted by Gasteiger charge is 2.64. The Kier molecular flexibility index (Phi) is 3.89. The number of hydrogen-bond acceptors (Lipinski definition) is 5. The molecular formula is C25H24N2O4S. The fourth-order valence-corrected chi connectivity index (χ4v) is 6.79. The molecule has 1 saturated heterocycles. The van der Waals surface area contributed by atoms with Gasteiger partial charge >= 0.3 is 0 Å². The fraction of sp³-hybridized carbons (Fsp3) is 0.360. The van der Waals surface area contributed by atoms with Gasteiger partial charge in [-0.05, 0) is 62.6 Å². The van der Waals surface area contributed by atoms with Crippen molar-refractivity contribution in [2.24, 2.45) is 0 Å². The third-order valence-corrected chi connectivity index (χ3v) is 8.20. The third kappa shape index (κ3) is 2.32. The summed E-state index contributed by atoms with van der Waals surface area (Å²) in [6, 6.07) is 9.76. The highest BCUT2D eigenvalue weighted by atomic mass is 32.2. The number of aryl methyl sites for hydroxylation is 1. The smallest absolute Gasteiger partial charge is 0.269 e. The Balaban J connectivity index is 1.63. The van der Waals surface area contributed by atoms with E-state index >= 15 is 0 Å². The lowest BCUT2D eigenvalue weighted by Gasteiger charge is -2.40. The molecule has 0 aromatic heterocycles. The van der Waals surface area contributed by atoms with E-state index in [2.05, 4.69) is 45.9 Å². The van der Waals surface area contributed by atoms with Crippen molar-refractivity contribution in [3.8, 4) is 11.5 Å². The number of benzene rings is 2. The van der Waals surface area contributed by atoms with E-state index in [1.165, 1.54) is 11.8 Å². The van der Waals surface area contributed by atoms with Gasteiger partial charge in [-0.3, -0.25) is 19.4 Å². The van der Waals surface area contributed by atoms with E-state index in [9.17, 15) is 9.59 Å². The molecule has 1 fully saturated rings. The Bertz CT molecular complexity index is 1250. The van der Waals surface area contributed by atoms with Gasteiger partial charge < -0.3 is 9.47 Å². The lowest BCUT2D eigenvalue weighted by Crippen LogP contribution is -2.54. The van der Waals surface area contributed by atoms with Crippen LogP contribution < -0.4 is 19.3 Å². The molecule has 2 amide bonds. The van der Waals surface area contributed by atoms with Crippen molar-refractivity contribution in [2.45, 2.75) is 44.5 Å². The molecule has 1 spiro atoms. The maximum Gasteiger partial charge on any atom is 0.269 e. The van der Waals surface area contributed by atoms with Gasteiger partial charge in [-0.2, -0.15) is 0 Å². The summed E-state index contributed by atoms with van der Waals surface area (Å²) in [6.07, 6.45) is 3.01. The zero-order chi connectivity index (χ0) is 22.4. The monoisotopic (exact) mass is 448 g/mol. The Hall–Kier alpha value is -2.93. The quantitative estimate of drug-likeness (QED) is 0.679. The van der Waals surface area contributed by atoms with E-state index in [0.717, 1.165) is 34.4 Å². The second-order valence-corrected chi connectivity index (χ2v) is 10.4. The standard InChI is InChI=1S/C25H24N2O4S/c1-5-15-8-17-14(2)11-24(3,4)27-22(17)18(9-15)25(23(27)29)26(21(28)12-32-25)16-6-7-19-20(10-16)31-13-30-19/h6-11H,5,12-13H2,1-4H3. The van der Waals surface area contributed by atoms with E-state index in [0.29, 0.717) is 17.2 Å². The normalized spacial score (nSPS) is 24.4. The molecule has 4 heterocycles. The maximum atomic E-state index is 14.3. The van der Waals surface area contributed by atoms with Crippen LogP contribution in [-0.2, 0) is 20.9 Å². The van der Waals surface area contributed by atoms with Gasteiger partial charge in [-0.1, -0.05) is 13.0 Å². The summed E-state index contributed by atoms with van der Waals surface area (Å²) >= 11 is 1.41. The van der Waals surface area contributed by atoms with Crippen LogP contribution in [0, 0.1) is 0 Å². The number of carbonyl (C=O) groups excluding carboxylic acids is 2. The molecule has 6 nitrogen and oxygen atoms in total. The summed E-state index contributed by atoms with van der Waals surface area (Å²) in [5, 5.41) is 0. The molecule has 6 rings (SSSR count). The maximum absolute atomic E-state index is 14.3. The van der Waals surface area contributed by atoms with Gasteiger partial charge in [0.05, 0.1) is 17.0 Å². The van der Waals surface area contributed by atoms with Gasteiger partial charge in [-0.15, -0.1) is 11.8 Å². The van der Waals surface area contributed by atoms with Crippen molar-refractivity contribution < 1.29 is 19.1 Å². The van der Waals surface area contributed by atoms with Gasteiger partial charge in [0.15, 0.2) is 11.5 Å². The van der Waals surface area contributed by atoms with Crippen molar-refractivity contribution in [3.05, 3.63) is 53.1 Å². The average Bonchev–Trinajstić information content (AvgIpc) is 3.42. The van der Waals surface area contributed by atoms with Crippen molar-refractivity contribution in [1.82, 2.24) is 0 Å². The first-order valence-electron chi connectivity index (χ1n) is 10.9. The van der Waals surface area contributed by atoms with Crippen molar-refractivity contribution in [3.63, 3.8) is 0 Å². The first kappa shape index (κ1) is 19.7. The Morgan fingerprint density at radius 1 is 1.06 bits per heavy atom. The number of thioether (sulfide) groups is 1. The van der Waals surface area contributed by atoms with Crippen molar-refractivity contribution >= 4 is 40.5 Å². The largest absolute Gasteiger partial charge is 0.454 e. The fourth-order valence-electron chi connectivity index (χ4n) is 5.47. The Morgan fingerprint density at radius 3 is 2.62 bits per heavy atom. The molecule has 32 heavy (non-hydrogen) atoms. The van der Waals surface area contributed by atoms with Crippen LogP contribution in [0.4, 0.5) is 11.4 Å². The number of allylic oxidation sites excluding steroid dienone is 1. The molecule has 7 heteroatoms.